The second kappa shape index (κ2) is 5.18. The van der Waals surface area contributed by atoms with Crippen LogP contribution in [0.15, 0.2) is 54.7 Å². The Balaban J connectivity index is 2.48. The van der Waals surface area contributed by atoms with Gasteiger partial charge in [-0.25, -0.2) is 0 Å². The van der Waals surface area contributed by atoms with Gasteiger partial charge in [0, 0.05) is 17.9 Å². The van der Waals surface area contributed by atoms with Crippen molar-refractivity contribution in [3.8, 4) is 0 Å². The third kappa shape index (κ3) is 2.21. The van der Waals surface area contributed by atoms with Crippen molar-refractivity contribution < 1.29 is 4.79 Å². The molecule has 0 radical (unpaired) electrons. The molecule has 1 atom stereocenters. The van der Waals surface area contributed by atoms with Crippen LogP contribution in [0.5, 0.6) is 0 Å². The average molecular weight is 238 g/mol. The number of hydrogen-bond acceptors (Lipinski definition) is 1. The second-order valence-corrected chi connectivity index (χ2v) is 4.67. The number of benzene rings is 1. The minimum atomic E-state index is 0.183. The number of allylic oxidation sites excluding steroid dienone is 5. The summed E-state index contributed by atoms with van der Waals surface area (Å²) in [4.78, 5) is 12.1. The maximum atomic E-state index is 12.1. The van der Waals surface area contributed by atoms with E-state index in [0.717, 1.165) is 22.3 Å². The lowest BCUT2D eigenvalue weighted by Gasteiger charge is -2.12. The molecule has 0 fully saturated rings. The molecule has 0 bridgehead atoms. The van der Waals surface area contributed by atoms with Crippen LogP contribution >= 0.6 is 0 Å². The lowest BCUT2D eigenvalue weighted by molar-refractivity contribution is 0.0991. The third-order valence-electron chi connectivity index (χ3n) is 3.35. The minimum Gasteiger partial charge on any atom is -0.294 e. The lowest BCUT2D eigenvalue weighted by Crippen LogP contribution is -1.97. The van der Waals surface area contributed by atoms with Crippen LogP contribution < -0.4 is 0 Å². The first-order chi connectivity index (χ1) is 8.67. The summed E-state index contributed by atoms with van der Waals surface area (Å²) in [6.45, 7) is 7.76. The Bertz CT molecular complexity index is 547. The molecule has 92 valence electrons. The Morgan fingerprint density at radius 1 is 1.44 bits per heavy atom. The summed E-state index contributed by atoms with van der Waals surface area (Å²) in [6, 6.07) is 6.16. The predicted molar refractivity (Wildman–Crippen MR) is 76.0 cm³/mol. The van der Waals surface area contributed by atoms with Gasteiger partial charge >= 0.3 is 0 Å². The van der Waals surface area contributed by atoms with Gasteiger partial charge in [-0.1, -0.05) is 48.6 Å². The molecular weight excluding hydrogens is 220 g/mol. The van der Waals surface area contributed by atoms with E-state index in [1.54, 1.807) is 6.08 Å². The number of rotatable bonds is 3. The van der Waals surface area contributed by atoms with Crippen molar-refractivity contribution in [2.24, 2.45) is 0 Å². The zero-order chi connectivity index (χ0) is 13.1. The fourth-order valence-corrected chi connectivity index (χ4v) is 2.53. The van der Waals surface area contributed by atoms with E-state index >= 15 is 0 Å². The van der Waals surface area contributed by atoms with Gasteiger partial charge in [0.1, 0.15) is 0 Å². The summed E-state index contributed by atoms with van der Waals surface area (Å²) in [5.74, 6) is 0.431. The molecule has 1 unspecified atom stereocenters. The molecule has 1 aliphatic carbocycles. The Morgan fingerprint density at radius 3 is 2.89 bits per heavy atom. The number of Topliss-reactive ketones (excluding diaryl/α,β-unsaturated/α-hetero) is 1. The van der Waals surface area contributed by atoms with Gasteiger partial charge in [-0.15, -0.1) is 0 Å². The largest absolute Gasteiger partial charge is 0.294 e. The number of fused-ring (bicyclic) bond motifs is 1. The highest BCUT2D eigenvalue weighted by Crippen LogP contribution is 2.39. The standard InChI is InChI=1S/C17H18O/c1-4-6-13(7-5-2)15-11-17(18)16-10-12(3)8-9-14(15)16/h4-10,15H,1,11H2,2-3H3/b7-5-,13-6+. The molecule has 2 rings (SSSR count). The van der Waals surface area contributed by atoms with Crippen LogP contribution in [0.3, 0.4) is 0 Å². The highest BCUT2D eigenvalue weighted by atomic mass is 16.1. The van der Waals surface area contributed by atoms with Gasteiger partial charge in [-0.3, -0.25) is 4.79 Å². The monoisotopic (exact) mass is 238 g/mol. The molecular formula is C17H18O. The first-order valence-corrected chi connectivity index (χ1v) is 6.26. The van der Waals surface area contributed by atoms with Crippen molar-refractivity contribution in [3.63, 3.8) is 0 Å². The van der Waals surface area contributed by atoms with E-state index in [0.29, 0.717) is 6.42 Å². The van der Waals surface area contributed by atoms with Gasteiger partial charge in [-0.2, -0.15) is 0 Å². The smallest absolute Gasteiger partial charge is 0.164 e. The summed E-state index contributed by atoms with van der Waals surface area (Å²) in [7, 11) is 0. The normalized spacial score (nSPS) is 19.3. The third-order valence-corrected chi connectivity index (χ3v) is 3.35. The predicted octanol–water partition coefficient (Wildman–Crippen LogP) is 4.35. The summed E-state index contributed by atoms with van der Waals surface area (Å²) in [5.41, 5.74) is 4.34. The summed E-state index contributed by atoms with van der Waals surface area (Å²) in [5, 5.41) is 0. The van der Waals surface area contributed by atoms with E-state index in [-0.39, 0.29) is 11.7 Å². The van der Waals surface area contributed by atoms with E-state index in [1.807, 2.05) is 32.1 Å². The average Bonchev–Trinajstić information content (AvgIpc) is 2.66. The Labute approximate surface area is 109 Å². The Morgan fingerprint density at radius 2 is 2.22 bits per heavy atom. The molecule has 1 nitrogen and oxygen atoms in total. The summed E-state index contributed by atoms with van der Waals surface area (Å²) < 4.78 is 0. The number of aryl methyl sites for hydroxylation is 1. The molecule has 0 amide bonds. The van der Waals surface area contributed by atoms with Crippen LogP contribution in [0, 0.1) is 6.92 Å². The van der Waals surface area contributed by atoms with Crippen LogP contribution in [-0.4, -0.2) is 5.78 Å². The van der Waals surface area contributed by atoms with E-state index < -0.39 is 0 Å². The molecule has 1 heteroatoms. The van der Waals surface area contributed by atoms with Gasteiger partial charge in [0.05, 0.1) is 0 Å². The molecule has 0 heterocycles. The molecule has 0 aliphatic heterocycles. The molecule has 1 aromatic carbocycles. The van der Waals surface area contributed by atoms with Gasteiger partial charge in [0.15, 0.2) is 5.78 Å². The van der Waals surface area contributed by atoms with E-state index in [1.165, 1.54) is 0 Å². The SMILES string of the molecule is C=C/C=C(\C=C/C)C1CC(=O)c2cc(C)ccc21. The number of carbonyl (C=O) groups is 1. The van der Waals surface area contributed by atoms with E-state index in [9.17, 15) is 4.79 Å². The van der Waals surface area contributed by atoms with E-state index in [4.69, 9.17) is 0 Å². The molecule has 0 N–H and O–H groups in total. The van der Waals surface area contributed by atoms with Crippen LogP contribution in [0.2, 0.25) is 0 Å². The number of ketones is 1. The van der Waals surface area contributed by atoms with Crippen molar-refractivity contribution in [1.29, 1.82) is 0 Å². The molecule has 0 saturated heterocycles. The van der Waals surface area contributed by atoms with Gasteiger partial charge < -0.3 is 0 Å². The molecule has 0 spiro atoms. The maximum absolute atomic E-state index is 12.1. The van der Waals surface area contributed by atoms with Gasteiger partial charge in [0.2, 0.25) is 0 Å². The quantitative estimate of drug-likeness (QED) is 0.715. The fourth-order valence-electron chi connectivity index (χ4n) is 2.53. The zero-order valence-corrected chi connectivity index (χ0v) is 10.9. The van der Waals surface area contributed by atoms with Crippen molar-refractivity contribution in [2.45, 2.75) is 26.2 Å². The van der Waals surface area contributed by atoms with Crippen LogP contribution in [0.1, 0.15) is 40.7 Å². The number of hydrogen-bond donors (Lipinski definition) is 0. The Hall–Kier alpha value is -1.89. The van der Waals surface area contributed by atoms with Crippen molar-refractivity contribution in [2.75, 3.05) is 0 Å². The van der Waals surface area contributed by atoms with Crippen LogP contribution in [0.25, 0.3) is 0 Å². The summed E-state index contributed by atoms with van der Waals surface area (Å²) >= 11 is 0. The molecule has 1 aromatic rings. The second-order valence-electron chi connectivity index (χ2n) is 4.67. The molecule has 18 heavy (non-hydrogen) atoms. The van der Waals surface area contributed by atoms with E-state index in [2.05, 4.69) is 24.8 Å². The van der Waals surface area contributed by atoms with Crippen molar-refractivity contribution in [3.05, 3.63) is 71.3 Å². The summed E-state index contributed by atoms with van der Waals surface area (Å²) in [6.07, 6.45) is 8.42. The topological polar surface area (TPSA) is 17.1 Å². The first-order valence-electron chi connectivity index (χ1n) is 6.26. The maximum Gasteiger partial charge on any atom is 0.164 e. The zero-order valence-electron chi connectivity index (χ0n) is 10.9. The lowest BCUT2D eigenvalue weighted by atomic mass is 9.91. The number of carbonyl (C=O) groups excluding carboxylic acids is 1. The minimum absolute atomic E-state index is 0.183. The van der Waals surface area contributed by atoms with Crippen LogP contribution in [0.4, 0.5) is 0 Å². The Kier molecular flexibility index (Phi) is 3.61. The molecule has 0 aromatic heterocycles. The molecule has 0 saturated carbocycles. The fraction of sp³-hybridized carbons (Fsp3) is 0.235. The first kappa shape index (κ1) is 12.6. The molecule has 1 aliphatic rings. The highest BCUT2D eigenvalue weighted by molar-refractivity contribution is 6.02. The van der Waals surface area contributed by atoms with Gasteiger partial charge in [-0.05, 0) is 31.1 Å². The van der Waals surface area contributed by atoms with Crippen molar-refractivity contribution in [1.82, 2.24) is 0 Å². The van der Waals surface area contributed by atoms with Crippen LogP contribution in [-0.2, 0) is 0 Å². The van der Waals surface area contributed by atoms with Gasteiger partial charge in [0.25, 0.3) is 0 Å². The highest BCUT2D eigenvalue weighted by Gasteiger charge is 2.30. The van der Waals surface area contributed by atoms with Crippen molar-refractivity contribution >= 4 is 5.78 Å².